The quantitative estimate of drug-likeness (QED) is 0.154. The van der Waals surface area contributed by atoms with Gasteiger partial charge in [0.1, 0.15) is 0 Å². The summed E-state index contributed by atoms with van der Waals surface area (Å²) in [6.45, 7) is 2.63. The summed E-state index contributed by atoms with van der Waals surface area (Å²) in [5.74, 6) is -1.48. The molecule has 0 aromatic heterocycles. The third-order valence-corrected chi connectivity index (χ3v) is 1.24. The zero-order valence-electron chi connectivity index (χ0n) is 7.29. The summed E-state index contributed by atoms with van der Waals surface area (Å²) in [6, 6.07) is -1.90. The van der Waals surface area contributed by atoms with Gasteiger partial charge in [0.05, 0.1) is 0 Å². The fourth-order valence-electron chi connectivity index (χ4n) is 0.767. The van der Waals surface area contributed by atoms with E-state index < -0.39 is 23.9 Å². The second kappa shape index (κ2) is 5.21. The molecule has 0 saturated carbocycles. The van der Waals surface area contributed by atoms with Crippen LogP contribution in [0.3, 0.4) is 0 Å². The second-order valence-electron chi connectivity index (χ2n) is 2.07. The van der Waals surface area contributed by atoms with E-state index in [2.05, 4.69) is 10.1 Å². The molecule has 1 fully saturated rings. The normalized spacial score (nSPS) is 19.9. The maximum Gasteiger partial charge on any atom is 1.00 e. The Morgan fingerprint density at radius 1 is 1.54 bits per heavy atom. The van der Waals surface area contributed by atoms with Crippen LogP contribution in [0, 0.1) is 6.61 Å². The summed E-state index contributed by atoms with van der Waals surface area (Å²) in [4.78, 5) is 32.2. The van der Waals surface area contributed by atoms with E-state index in [4.69, 9.17) is 0 Å². The van der Waals surface area contributed by atoms with E-state index in [1.807, 2.05) is 5.32 Å². The minimum absolute atomic E-state index is 0. The first-order chi connectivity index (χ1) is 5.65. The van der Waals surface area contributed by atoms with Crippen LogP contribution in [0.5, 0.6) is 0 Å². The van der Waals surface area contributed by atoms with E-state index in [1.165, 1.54) is 6.92 Å². The molecule has 0 spiro atoms. The number of carbonyl (C=O) groups is 3. The first kappa shape index (κ1) is 12.4. The molecule has 1 saturated heterocycles. The Balaban J connectivity index is 0.00000144. The fraction of sp³-hybridized carbons (Fsp3) is 0.333. The van der Waals surface area contributed by atoms with Crippen molar-refractivity contribution in [2.45, 2.75) is 13.0 Å². The molecule has 0 aromatic rings. The van der Waals surface area contributed by atoms with Gasteiger partial charge in [-0.25, -0.2) is 4.79 Å². The molecular weight excluding hydrogens is 187 g/mol. The van der Waals surface area contributed by atoms with Gasteiger partial charge in [0, 0.05) is 0 Å². The molecule has 7 heteroatoms. The Kier molecular flexibility index (Phi) is 4.97. The van der Waals surface area contributed by atoms with Crippen LogP contribution in [0.4, 0.5) is 4.79 Å². The third-order valence-electron chi connectivity index (χ3n) is 1.24. The molecule has 1 atom stereocenters. The molecule has 66 valence electrons. The summed E-state index contributed by atoms with van der Waals surface area (Å²) < 4.78 is 4.41. The molecule has 0 radical (unpaired) electrons. The topological polar surface area (TPSA) is 84.5 Å². The number of nitrogens with one attached hydrogen (secondary N) is 2. The molecule has 1 aliphatic heterocycles. The van der Waals surface area contributed by atoms with Crippen molar-refractivity contribution < 1.29 is 48.7 Å². The number of hydrogen-bond donors (Lipinski definition) is 2. The number of rotatable bonds is 2. The van der Waals surface area contributed by atoms with E-state index in [0.717, 1.165) is 6.61 Å². The van der Waals surface area contributed by atoms with Crippen LogP contribution in [0.25, 0.3) is 0 Å². The second-order valence-corrected chi connectivity index (χ2v) is 2.07. The van der Waals surface area contributed by atoms with Gasteiger partial charge in [-0.3, -0.25) is 14.9 Å². The first-order valence-electron chi connectivity index (χ1n) is 3.25. The number of amides is 3. The van der Waals surface area contributed by atoms with Gasteiger partial charge in [-0.1, -0.05) is 0 Å². The number of hydrogen-bond acceptors (Lipinski definition) is 4. The molecule has 1 unspecified atom stereocenters. The first-order valence-corrected chi connectivity index (χ1v) is 3.25. The van der Waals surface area contributed by atoms with Crippen LogP contribution in [0.15, 0.2) is 0 Å². The van der Waals surface area contributed by atoms with Gasteiger partial charge in [-0.05, 0) is 0 Å². The van der Waals surface area contributed by atoms with Gasteiger partial charge in [-0.15, -0.1) is 0 Å². The van der Waals surface area contributed by atoms with Crippen molar-refractivity contribution in [1.82, 2.24) is 10.6 Å². The molecule has 6 nitrogen and oxygen atoms in total. The Bertz CT molecular complexity index is 243. The van der Waals surface area contributed by atoms with E-state index in [1.54, 1.807) is 0 Å². The zero-order chi connectivity index (χ0) is 9.14. The maximum atomic E-state index is 10.9. The van der Waals surface area contributed by atoms with Crippen LogP contribution in [0.2, 0.25) is 0 Å². The van der Waals surface area contributed by atoms with Gasteiger partial charge in [0.15, 0.2) is 0 Å². The predicted octanol–water partition coefficient (Wildman–Crippen LogP) is -4.08. The molecule has 0 aromatic carbocycles. The molecule has 1 heterocycles. The van der Waals surface area contributed by atoms with Crippen molar-refractivity contribution in [2.75, 3.05) is 0 Å². The number of carbonyl (C=O) groups excluding carboxylic acids is 3. The summed E-state index contributed by atoms with van der Waals surface area (Å²) in [7, 11) is 0. The molecule has 0 bridgehead atoms. The van der Waals surface area contributed by atoms with E-state index >= 15 is 0 Å². The Morgan fingerprint density at radius 3 is 2.54 bits per heavy atom. The molecular formula is C6H7N2NaO4. The van der Waals surface area contributed by atoms with E-state index in [-0.39, 0.29) is 29.6 Å². The fourth-order valence-corrected chi connectivity index (χ4v) is 0.767. The molecule has 1 rings (SSSR count). The zero-order valence-corrected chi connectivity index (χ0v) is 9.29. The summed E-state index contributed by atoms with van der Waals surface area (Å²) in [6.07, 6.45) is 0. The monoisotopic (exact) mass is 194 g/mol. The van der Waals surface area contributed by atoms with E-state index in [0.29, 0.717) is 0 Å². The maximum absolute atomic E-state index is 10.9. The summed E-state index contributed by atoms with van der Waals surface area (Å²) in [5.41, 5.74) is 0. The third kappa shape index (κ3) is 2.98. The Morgan fingerprint density at radius 2 is 2.15 bits per heavy atom. The summed E-state index contributed by atoms with van der Waals surface area (Å²) in [5, 5.41) is 4.00. The molecule has 3 amide bonds. The standard InChI is InChI=1S/C6H7N2O4.Na/c1-2-12-5(10)3-4(9)8-6(11)7-3;/h2-3H,1H3,(H2,7,8,9,11);/q-1;+1. The average molecular weight is 194 g/mol. The van der Waals surface area contributed by atoms with Gasteiger partial charge < -0.3 is 10.1 Å². The SMILES string of the molecule is C[CH-]OC(=O)C1NC(=O)NC1=O.[Na+]. The van der Waals surface area contributed by atoms with Crippen molar-refractivity contribution in [1.29, 1.82) is 0 Å². The van der Waals surface area contributed by atoms with Gasteiger partial charge >= 0.3 is 41.6 Å². The average Bonchev–Trinajstić information content (AvgIpc) is 2.30. The number of urea groups is 1. The van der Waals surface area contributed by atoms with Gasteiger partial charge in [0.2, 0.25) is 6.04 Å². The smallest absolute Gasteiger partial charge is 0.635 e. The predicted molar refractivity (Wildman–Crippen MR) is 36.5 cm³/mol. The molecule has 13 heavy (non-hydrogen) atoms. The van der Waals surface area contributed by atoms with Crippen molar-refractivity contribution in [3.8, 4) is 0 Å². The van der Waals surface area contributed by atoms with Crippen LogP contribution < -0.4 is 40.2 Å². The largest absolute Gasteiger partial charge is 1.00 e. The number of ether oxygens (including phenoxy) is 1. The Labute approximate surface area is 96.7 Å². The molecule has 0 aliphatic carbocycles. The van der Waals surface area contributed by atoms with Crippen LogP contribution in [-0.2, 0) is 14.3 Å². The molecule has 2 N–H and O–H groups in total. The minimum atomic E-state index is -1.21. The van der Waals surface area contributed by atoms with E-state index in [9.17, 15) is 14.4 Å². The van der Waals surface area contributed by atoms with Crippen molar-refractivity contribution in [3.63, 3.8) is 0 Å². The van der Waals surface area contributed by atoms with Crippen LogP contribution in [-0.4, -0.2) is 23.9 Å². The number of esters is 1. The van der Waals surface area contributed by atoms with Crippen molar-refractivity contribution in [3.05, 3.63) is 6.61 Å². The van der Waals surface area contributed by atoms with Gasteiger partial charge in [0.25, 0.3) is 5.91 Å². The summed E-state index contributed by atoms with van der Waals surface area (Å²) >= 11 is 0. The van der Waals surface area contributed by atoms with Crippen molar-refractivity contribution >= 4 is 17.9 Å². The van der Waals surface area contributed by atoms with Crippen LogP contribution in [0.1, 0.15) is 6.92 Å². The van der Waals surface area contributed by atoms with Gasteiger partial charge in [-0.2, -0.15) is 13.5 Å². The minimum Gasteiger partial charge on any atom is -0.635 e. The van der Waals surface area contributed by atoms with Crippen molar-refractivity contribution in [2.24, 2.45) is 0 Å². The molecule has 1 aliphatic rings. The Hall–Kier alpha value is -0.590. The number of imide groups is 1. The van der Waals surface area contributed by atoms with Crippen LogP contribution >= 0.6 is 0 Å².